The Labute approximate surface area is 119 Å². The Morgan fingerprint density at radius 3 is 2.37 bits per heavy atom. The lowest BCUT2D eigenvalue weighted by atomic mass is 10.0. The molecule has 0 spiro atoms. The number of rotatable bonds is 2. The SMILES string of the molecule is C[C@@H]1CCC[C@H](C)N1S(=O)(=O)c1ccc(Cl)cc1N. The average Bonchev–Trinajstić information content (AvgIpc) is 2.27. The van der Waals surface area contributed by atoms with Crippen LogP contribution in [0.1, 0.15) is 33.1 Å². The second-order valence-corrected chi connectivity index (χ2v) is 7.39. The minimum Gasteiger partial charge on any atom is -0.398 e. The van der Waals surface area contributed by atoms with Gasteiger partial charge in [-0.3, -0.25) is 0 Å². The molecular weight excluding hydrogens is 284 g/mol. The number of piperidine rings is 1. The lowest BCUT2D eigenvalue weighted by Gasteiger charge is -2.37. The van der Waals surface area contributed by atoms with Gasteiger partial charge < -0.3 is 5.73 Å². The molecule has 1 aromatic rings. The highest BCUT2D eigenvalue weighted by Gasteiger charge is 2.36. The van der Waals surface area contributed by atoms with E-state index in [-0.39, 0.29) is 22.7 Å². The molecule has 4 nitrogen and oxygen atoms in total. The fraction of sp³-hybridized carbons (Fsp3) is 0.538. The number of anilines is 1. The van der Waals surface area contributed by atoms with Crippen LogP contribution >= 0.6 is 11.6 Å². The molecule has 1 aliphatic heterocycles. The summed E-state index contributed by atoms with van der Waals surface area (Å²) in [5.41, 5.74) is 6.02. The van der Waals surface area contributed by atoms with Crippen LogP contribution in [-0.2, 0) is 10.0 Å². The van der Waals surface area contributed by atoms with Crippen LogP contribution < -0.4 is 5.73 Å². The summed E-state index contributed by atoms with van der Waals surface area (Å²) < 4.78 is 27.1. The molecule has 106 valence electrons. The lowest BCUT2D eigenvalue weighted by Crippen LogP contribution is -2.47. The van der Waals surface area contributed by atoms with Gasteiger partial charge >= 0.3 is 0 Å². The van der Waals surface area contributed by atoms with Crippen molar-refractivity contribution in [2.75, 3.05) is 5.73 Å². The zero-order chi connectivity index (χ0) is 14.2. The number of hydrogen-bond acceptors (Lipinski definition) is 3. The third kappa shape index (κ3) is 2.73. The Kier molecular flexibility index (Phi) is 4.08. The Hall–Kier alpha value is -0.780. The molecule has 0 unspecified atom stereocenters. The van der Waals surface area contributed by atoms with Crippen LogP contribution in [0.4, 0.5) is 5.69 Å². The summed E-state index contributed by atoms with van der Waals surface area (Å²) in [7, 11) is -3.56. The minimum atomic E-state index is -3.56. The Balaban J connectivity index is 2.46. The van der Waals surface area contributed by atoms with Gasteiger partial charge in [-0.15, -0.1) is 0 Å². The molecule has 1 saturated heterocycles. The van der Waals surface area contributed by atoms with Crippen LogP contribution in [0.3, 0.4) is 0 Å². The lowest BCUT2D eigenvalue weighted by molar-refractivity contribution is 0.204. The molecule has 1 aromatic carbocycles. The van der Waals surface area contributed by atoms with Gasteiger partial charge in [0.25, 0.3) is 0 Å². The van der Waals surface area contributed by atoms with Crippen LogP contribution in [0.15, 0.2) is 23.1 Å². The first kappa shape index (κ1) is 14.6. The van der Waals surface area contributed by atoms with E-state index in [1.165, 1.54) is 12.1 Å². The summed E-state index contributed by atoms with van der Waals surface area (Å²) in [6.07, 6.45) is 2.83. The van der Waals surface area contributed by atoms with Gasteiger partial charge in [-0.2, -0.15) is 4.31 Å². The van der Waals surface area contributed by atoms with Gasteiger partial charge in [0.15, 0.2) is 0 Å². The van der Waals surface area contributed by atoms with E-state index >= 15 is 0 Å². The van der Waals surface area contributed by atoms with Crippen molar-refractivity contribution in [3.63, 3.8) is 0 Å². The second-order valence-electron chi connectivity index (χ2n) is 5.15. The van der Waals surface area contributed by atoms with E-state index in [1.54, 1.807) is 10.4 Å². The molecule has 0 aromatic heterocycles. The molecule has 1 fully saturated rings. The van der Waals surface area contributed by atoms with Gasteiger partial charge in [0, 0.05) is 17.1 Å². The third-order valence-electron chi connectivity index (χ3n) is 3.64. The zero-order valence-corrected chi connectivity index (χ0v) is 12.7. The molecule has 1 aliphatic rings. The highest BCUT2D eigenvalue weighted by atomic mass is 35.5. The van der Waals surface area contributed by atoms with Gasteiger partial charge in [-0.25, -0.2) is 8.42 Å². The second kappa shape index (κ2) is 5.31. The summed E-state index contributed by atoms with van der Waals surface area (Å²) in [5, 5.41) is 0.441. The number of sulfonamides is 1. The van der Waals surface area contributed by atoms with Crippen molar-refractivity contribution < 1.29 is 8.42 Å². The highest BCUT2D eigenvalue weighted by Crippen LogP contribution is 2.32. The summed E-state index contributed by atoms with van der Waals surface area (Å²) in [6.45, 7) is 3.89. The number of hydrogen-bond donors (Lipinski definition) is 1. The van der Waals surface area contributed by atoms with Crippen LogP contribution in [-0.4, -0.2) is 24.8 Å². The van der Waals surface area contributed by atoms with Crippen molar-refractivity contribution >= 4 is 27.3 Å². The van der Waals surface area contributed by atoms with Gasteiger partial charge in [-0.05, 0) is 44.9 Å². The molecule has 2 N–H and O–H groups in total. The van der Waals surface area contributed by atoms with Crippen LogP contribution in [0.5, 0.6) is 0 Å². The summed E-state index contributed by atoms with van der Waals surface area (Å²) in [6, 6.07) is 4.53. The third-order valence-corrected chi connectivity index (χ3v) is 6.08. The monoisotopic (exact) mass is 302 g/mol. The quantitative estimate of drug-likeness (QED) is 0.854. The summed E-state index contributed by atoms with van der Waals surface area (Å²) >= 11 is 5.82. The van der Waals surface area contributed by atoms with Crippen LogP contribution in [0, 0.1) is 0 Å². The first-order valence-electron chi connectivity index (χ1n) is 6.42. The smallest absolute Gasteiger partial charge is 0.245 e. The summed E-state index contributed by atoms with van der Waals surface area (Å²) in [4.78, 5) is 0.150. The molecular formula is C13H19ClN2O2S. The molecule has 2 rings (SSSR count). The number of nitrogens with zero attached hydrogens (tertiary/aromatic N) is 1. The van der Waals surface area contributed by atoms with E-state index in [2.05, 4.69) is 0 Å². The van der Waals surface area contributed by atoms with Crippen LogP contribution in [0.2, 0.25) is 5.02 Å². The Bertz CT molecular complexity index is 564. The van der Waals surface area contributed by atoms with Gasteiger partial charge in [0.05, 0.1) is 5.69 Å². The Morgan fingerprint density at radius 2 is 1.84 bits per heavy atom. The van der Waals surface area contributed by atoms with E-state index in [0.717, 1.165) is 19.3 Å². The summed E-state index contributed by atoms with van der Waals surface area (Å²) in [5.74, 6) is 0. The van der Waals surface area contributed by atoms with E-state index in [1.807, 2.05) is 13.8 Å². The van der Waals surface area contributed by atoms with E-state index in [0.29, 0.717) is 5.02 Å². The topological polar surface area (TPSA) is 63.4 Å². The predicted octanol–water partition coefficient (Wildman–Crippen LogP) is 2.87. The number of halogens is 1. The molecule has 19 heavy (non-hydrogen) atoms. The fourth-order valence-electron chi connectivity index (χ4n) is 2.74. The number of benzene rings is 1. The first-order valence-corrected chi connectivity index (χ1v) is 8.24. The van der Waals surface area contributed by atoms with Crippen molar-refractivity contribution in [2.45, 2.75) is 50.1 Å². The number of nitrogen functional groups attached to an aromatic ring is 1. The molecule has 6 heteroatoms. The van der Waals surface area contributed by atoms with Crippen molar-refractivity contribution in [1.29, 1.82) is 0 Å². The number of nitrogens with two attached hydrogens (primary N) is 1. The first-order chi connectivity index (χ1) is 8.84. The largest absolute Gasteiger partial charge is 0.398 e. The maximum Gasteiger partial charge on any atom is 0.245 e. The maximum atomic E-state index is 12.7. The van der Waals surface area contributed by atoms with Crippen molar-refractivity contribution in [1.82, 2.24) is 4.31 Å². The standard InChI is InChI=1S/C13H19ClN2O2S/c1-9-4-3-5-10(2)16(9)19(17,18)13-7-6-11(14)8-12(13)15/h6-10H,3-5,15H2,1-2H3/t9-,10+. The average molecular weight is 303 g/mol. The minimum absolute atomic E-state index is 0.00354. The van der Waals surface area contributed by atoms with Crippen molar-refractivity contribution in [3.8, 4) is 0 Å². The van der Waals surface area contributed by atoms with Gasteiger partial charge in [0.2, 0.25) is 10.0 Å². The fourth-order valence-corrected chi connectivity index (χ4v) is 4.90. The zero-order valence-electron chi connectivity index (χ0n) is 11.1. The highest BCUT2D eigenvalue weighted by molar-refractivity contribution is 7.89. The van der Waals surface area contributed by atoms with Crippen LogP contribution in [0.25, 0.3) is 0 Å². The molecule has 0 aliphatic carbocycles. The Morgan fingerprint density at radius 1 is 1.26 bits per heavy atom. The van der Waals surface area contributed by atoms with Gasteiger partial charge in [0.1, 0.15) is 4.90 Å². The molecule has 0 radical (unpaired) electrons. The maximum absolute atomic E-state index is 12.7. The van der Waals surface area contributed by atoms with Gasteiger partial charge in [-0.1, -0.05) is 18.0 Å². The molecule has 0 bridgehead atoms. The van der Waals surface area contributed by atoms with Crippen molar-refractivity contribution in [3.05, 3.63) is 23.2 Å². The molecule has 0 saturated carbocycles. The molecule has 0 amide bonds. The predicted molar refractivity (Wildman–Crippen MR) is 77.7 cm³/mol. The molecule has 2 atom stereocenters. The van der Waals surface area contributed by atoms with E-state index in [9.17, 15) is 8.42 Å². The van der Waals surface area contributed by atoms with E-state index < -0.39 is 10.0 Å². The molecule has 1 heterocycles. The van der Waals surface area contributed by atoms with E-state index in [4.69, 9.17) is 17.3 Å². The van der Waals surface area contributed by atoms with Crippen molar-refractivity contribution in [2.24, 2.45) is 0 Å². The normalized spacial score (nSPS) is 25.4.